The number of benzene rings is 1. The Morgan fingerprint density at radius 3 is 2.54 bits per heavy atom. The first-order valence-corrected chi connectivity index (χ1v) is 8.81. The highest BCUT2D eigenvalue weighted by Crippen LogP contribution is 2.22. The lowest BCUT2D eigenvalue weighted by Gasteiger charge is -2.13. The SMILES string of the molecule is CC(C(=O)O)C(=O)NCCc1ccc(NN)cc1S(=O)(=O)CCO. The molecule has 10 heteroatoms. The Kier molecular flexibility index (Phi) is 7.14. The second kappa shape index (κ2) is 8.62. The number of hydrazine groups is 1. The van der Waals surface area contributed by atoms with E-state index in [1.807, 2.05) is 0 Å². The second-order valence-electron chi connectivity index (χ2n) is 5.11. The standard InChI is InChI=1S/C14H21N3O6S/c1-9(14(20)21)13(19)16-5-4-10-2-3-11(17-15)8-12(10)24(22,23)7-6-18/h2-3,8-9,17-18H,4-7,15H2,1H3,(H,16,19)(H,20,21). The molecule has 6 N–H and O–H groups in total. The number of rotatable bonds is 9. The van der Waals surface area contributed by atoms with Crippen molar-refractivity contribution in [2.24, 2.45) is 11.8 Å². The van der Waals surface area contributed by atoms with Crippen LogP contribution in [-0.4, -0.2) is 49.4 Å². The van der Waals surface area contributed by atoms with Gasteiger partial charge in [0.25, 0.3) is 0 Å². The van der Waals surface area contributed by atoms with Gasteiger partial charge in [0, 0.05) is 12.2 Å². The average molecular weight is 359 g/mol. The third-order valence-electron chi connectivity index (χ3n) is 3.39. The maximum Gasteiger partial charge on any atom is 0.315 e. The Morgan fingerprint density at radius 2 is 2.00 bits per heavy atom. The van der Waals surface area contributed by atoms with E-state index >= 15 is 0 Å². The fraction of sp³-hybridized carbons (Fsp3) is 0.429. The van der Waals surface area contributed by atoms with Crippen LogP contribution in [0, 0.1) is 5.92 Å². The van der Waals surface area contributed by atoms with Gasteiger partial charge in [-0.15, -0.1) is 0 Å². The molecule has 0 aromatic heterocycles. The summed E-state index contributed by atoms with van der Waals surface area (Å²) in [6.45, 7) is 0.818. The van der Waals surface area contributed by atoms with E-state index in [1.165, 1.54) is 13.0 Å². The number of sulfone groups is 1. The molecule has 0 saturated heterocycles. The molecule has 1 amide bonds. The molecule has 1 aromatic carbocycles. The van der Waals surface area contributed by atoms with Gasteiger partial charge in [0.15, 0.2) is 9.84 Å². The maximum absolute atomic E-state index is 12.2. The van der Waals surface area contributed by atoms with Crippen LogP contribution in [0.4, 0.5) is 5.69 Å². The lowest BCUT2D eigenvalue weighted by Crippen LogP contribution is -2.34. The van der Waals surface area contributed by atoms with E-state index in [4.69, 9.17) is 16.1 Å². The largest absolute Gasteiger partial charge is 0.481 e. The molecule has 0 radical (unpaired) electrons. The first kappa shape index (κ1) is 19.9. The number of carboxylic acids is 1. The highest BCUT2D eigenvalue weighted by molar-refractivity contribution is 7.91. The van der Waals surface area contributed by atoms with Crippen molar-refractivity contribution >= 4 is 27.4 Å². The lowest BCUT2D eigenvalue weighted by atomic mass is 10.1. The van der Waals surface area contributed by atoms with Crippen LogP contribution in [0.15, 0.2) is 23.1 Å². The smallest absolute Gasteiger partial charge is 0.315 e. The van der Waals surface area contributed by atoms with Gasteiger partial charge in [0.1, 0.15) is 5.92 Å². The third-order valence-corrected chi connectivity index (χ3v) is 5.16. The van der Waals surface area contributed by atoms with E-state index in [-0.39, 0.29) is 17.9 Å². The number of carbonyl (C=O) groups excluding carboxylic acids is 1. The van der Waals surface area contributed by atoms with Crippen molar-refractivity contribution in [2.45, 2.75) is 18.2 Å². The minimum Gasteiger partial charge on any atom is -0.481 e. The summed E-state index contributed by atoms with van der Waals surface area (Å²) in [6, 6.07) is 4.48. The summed E-state index contributed by atoms with van der Waals surface area (Å²) >= 11 is 0. The van der Waals surface area contributed by atoms with Gasteiger partial charge in [-0.25, -0.2) is 8.42 Å². The van der Waals surface area contributed by atoms with E-state index in [9.17, 15) is 18.0 Å². The van der Waals surface area contributed by atoms with Gasteiger partial charge in [-0.05, 0) is 31.0 Å². The molecule has 0 aliphatic heterocycles. The van der Waals surface area contributed by atoms with Crippen molar-refractivity contribution in [3.63, 3.8) is 0 Å². The Bertz CT molecular complexity index is 704. The molecule has 0 spiro atoms. The van der Waals surface area contributed by atoms with Crippen LogP contribution in [0.2, 0.25) is 0 Å². The van der Waals surface area contributed by atoms with Gasteiger partial charge in [-0.2, -0.15) is 0 Å². The van der Waals surface area contributed by atoms with Crippen molar-refractivity contribution in [3.8, 4) is 0 Å². The molecule has 1 aromatic rings. The van der Waals surface area contributed by atoms with Crippen LogP contribution in [-0.2, 0) is 25.8 Å². The zero-order valence-electron chi connectivity index (χ0n) is 13.2. The molecule has 0 fully saturated rings. The number of nitrogens with two attached hydrogens (primary N) is 1. The van der Waals surface area contributed by atoms with Crippen LogP contribution >= 0.6 is 0 Å². The predicted molar refractivity (Wildman–Crippen MR) is 86.9 cm³/mol. The van der Waals surface area contributed by atoms with Crippen LogP contribution < -0.4 is 16.6 Å². The number of carboxylic acid groups (broad SMARTS) is 1. The molecule has 9 nitrogen and oxygen atoms in total. The van der Waals surface area contributed by atoms with Crippen molar-refractivity contribution in [1.29, 1.82) is 0 Å². The molecular formula is C14H21N3O6S. The number of aliphatic carboxylic acids is 1. The number of aliphatic hydroxyl groups excluding tert-OH is 1. The number of nitrogen functional groups attached to an aromatic ring is 1. The van der Waals surface area contributed by atoms with Crippen molar-refractivity contribution < 1.29 is 28.2 Å². The number of aliphatic hydroxyl groups is 1. The summed E-state index contributed by atoms with van der Waals surface area (Å²) in [5.41, 5.74) is 3.17. The minimum atomic E-state index is -3.71. The van der Waals surface area contributed by atoms with E-state index in [0.29, 0.717) is 11.3 Å². The highest BCUT2D eigenvalue weighted by Gasteiger charge is 2.21. The fourth-order valence-electron chi connectivity index (χ4n) is 1.96. The predicted octanol–water partition coefficient (Wildman–Crippen LogP) is -0.882. The van der Waals surface area contributed by atoms with Gasteiger partial charge in [0.05, 0.1) is 17.3 Å². The van der Waals surface area contributed by atoms with E-state index in [2.05, 4.69) is 10.7 Å². The monoisotopic (exact) mass is 359 g/mol. The van der Waals surface area contributed by atoms with Crippen LogP contribution in [0.5, 0.6) is 0 Å². The second-order valence-corrected chi connectivity index (χ2v) is 7.19. The Morgan fingerprint density at radius 1 is 1.33 bits per heavy atom. The van der Waals surface area contributed by atoms with Crippen LogP contribution in [0.1, 0.15) is 12.5 Å². The van der Waals surface area contributed by atoms with Gasteiger partial charge >= 0.3 is 5.97 Å². The van der Waals surface area contributed by atoms with Crippen LogP contribution in [0.25, 0.3) is 0 Å². The van der Waals surface area contributed by atoms with Crippen LogP contribution in [0.3, 0.4) is 0 Å². The molecular weight excluding hydrogens is 338 g/mol. The molecule has 1 atom stereocenters. The van der Waals surface area contributed by atoms with Gasteiger partial charge in [-0.1, -0.05) is 6.07 Å². The molecule has 1 rings (SSSR count). The summed E-state index contributed by atoms with van der Waals surface area (Å²) in [5, 5.41) is 20.1. The summed E-state index contributed by atoms with van der Waals surface area (Å²) in [4.78, 5) is 22.3. The highest BCUT2D eigenvalue weighted by atomic mass is 32.2. The summed E-state index contributed by atoms with van der Waals surface area (Å²) < 4.78 is 24.4. The van der Waals surface area contributed by atoms with Gasteiger partial charge in [0.2, 0.25) is 5.91 Å². The lowest BCUT2D eigenvalue weighted by molar-refractivity contribution is -0.146. The molecule has 1 unspecified atom stereocenters. The third kappa shape index (κ3) is 5.18. The fourth-order valence-corrected chi connectivity index (χ4v) is 3.29. The zero-order valence-corrected chi connectivity index (χ0v) is 14.0. The Balaban J connectivity index is 2.92. The topological polar surface area (TPSA) is 159 Å². The normalized spacial score (nSPS) is 12.5. The summed E-state index contributed by atoms with van der Waals surface area (Å²) in [5.74, 6) is 1.77. The summed E-state index contributed by atoms with van der Waals surface area (Å²) in [7, 11) is -3.71. The zero-order chi connectivity index (χ0) is 18.3. The minimum absolute atomic E-state index is 0.00697. The van der Waals surface area contributed by atoms with Gasteiger partial charge in [-0.3, -0.25) is 15.4 Å². The summed E-state index contributed by atoms with van der Waals surface area (Å²) in [6.07, 6.45) is 0.183. The molecule has 0 saturated carbocycles. The van der Waals surface area contributed by atoms with E-state index in [1.54, 1.807) is 12.1 Å². The molecule has 0 aliphatic carbocycles. The number of nitrogens with one attached hydrogen (secondary N) is 2. The maximum atomic E-state index is 12.2. The number of amides is 1. The molecule has 0 heterocycles. The molecule has 24 heavy (non-hydrogen) atoms. The molecule has 134 valence electrons. The van der Waals surface area contributed by atoms with Crippen molar-refractivity contribution in [2.75, 3.05) is 24.3 Å². The number of hydrogen-bond acceptors (Lipinski definition) is 7. The van der Waals surface area contributed by atoms with Crippen molar-refractivity contribution in [3.05, 3.63) is 23.8 Å². The first-order valence-electron chi connectivity index (χ1n) is 7.16. The number of anilines is 1. The van der Waals surface area contributed by atoms with Crippen molar-refractivity contribution in [1.82, 2.24) is 5.32 Å². The molecule has 0 aliphatic rings. The van der Waals surface area contributed by atoms with Gasteiger partial charge < -0.3 is 21.0 Å². The first-order chi connectivity index (χ1) is 11.2. The Hall–Kier alpha value is -2.17. The number of carbonyl (C=O) groups is 2. The van der Waals surface area contributed by atoms with E-state index in [0.717, 1.165) is 0 Å². The molecule has 0 bridgehead atoms. The quantitative estimate of drug-likeness (QED) is 0.216. The average Bonchev–Trinajstić information content (AvgIpc) is 2.53. The van der Waals surface area contributed by atoms with E-state index < -0.39 is 40.0 Å². The number of hydrogen-bond donors (Lipinski definition) is 5. The Labute approximate surface area is 139 Å².